The Hall–Kier alpha value is -2.63. The molecule has 0 unspecified atom stereocenters. The molecule has 4 rings (SSSR count). The zero-order valence-electron chi connectivity index (χ0n) is 19.1. The Morgan fingerprint density at radius 3 is 2.52 bits per heavy atom. The summed E-state index contributed by atoms with van der Waals surface area (Å²) in [6.07, 6.45) is 7.02. The maximum Gasteiger partial charge on any atom is 0.330 e. The molecule has 6 heteroatoms. The summed E-state index contributed by atoms with van der Waals surface area (Å²) in [5, 5.41) is 0.739. The second-order valence-corrected chi connectivity index (χ2v) is 9.35. The average molecular weight is 467 g/mol. The third-order valence-corrected chi connectivity index (χ3v) is 6.90. The minimum Gasteiger partial charge on any atom is -0.466 e. The Morgan fingerprint density at radius 1 is 1.09 bits per heavy atom. The summed E-state index contributed by atoms with van der Waals surface area (Å²) in [5.41, 5.74) is 4.80. The van der Waals surface area contributed by atoms with Gasteiger partial charge in [0.2, 0.25) is 5.91 Å². The van der Waals surface area contributed by atoms with Crippen molar-refractivity contribution in [1.82, 2.24) is 9.80 Å². The van der Waals surface area contributed by atoms with Crippen LogP contribution in [0.1, 0.15) is 53.9 Å². The van der Waals surface area contributed by atoms with E-state index in [4.69, 9.17) is 11.6 Å². The third kappa shape index (κ3) is 6.24. The average Bonchev–Trinajstić information content (AvgIpc) is 3.23. The standard InChI is InChI=1S/C27H31ClN2O3/c1-33-27(32)11-8-20-4-6-21(7-5-20)18-29-15-12-22(13-16-29)25-10-9-24(28)17-23(25)19-30-14-2-3-26(30)31/h4-11,17,22H,2-3,12-16,18-19H2,1H3. The fraction of sp³-hybridized carbons (Fsp3) is 0.407. The summed E-state index contributed by atoms with van der Waals surface area (Å²) in [6, 6.07) is 14.5. The van der Waals surface area contributed by atoms with Crippen molar-refractivity contribution in [3.8, 4) is 0 Å². The summed E-state index contributed by atoms with van der Waals surface area (Å²) in [6.45, 7) is 4.52. The molecule has 0 atom stereocenters. The molecule has 2 heterocycles. The number of amides is 1. The summed E-state index contributed by atoms with van der Waals surface area (Å²) >= 11 is 6.31. The van der Waals surface area contributed by atoms with Gasteiger partial charge < -0.3 is 9.64 Å². The number of likely N-dealkylation sites (tertiary alicyclic amines) is 2. The maximum atomic E-state index is 12.1. The first kappa shape index (κ1) is 23.5. The van der Waals surface area contributed by atoms with Crippen molar-refractivity contribution in [3.05, 3.63) is 75.8 Å². The van der Waals surface area contributed by atoms with Crippen LogP contribution in [0, 0.1) is 0 Å². The number of carbonyl (C=O) groups is 2. The van der Waals surface area contributed by atoms with Gasteiger partial charge in [-0.3, -0.25) is 9.69 Å². The van der Waals surface area contributed by atoms with E-state index in [1.807, 2.05) is 29.2 Å². The van der Waals surface area contributed by atoms with Crippen LogP contribution in [0.5, 0.6) is 0 Å². The number of carbonyl (C=O) groups excluding carboxylic acids is 2. The molecule has 2 aromatic carbocycles. The number of hydrogen-bond donors (Lipinski definition) is 0. The molecule has 0 spiro atoms. The highest BCUT2D eigenvalue weighted by Crippen LogP contribution is 2.33. The van der Waals surface area contributed by atoms with Gasteiger partial charge in [-0.2, -0.15) is 0 Å². The van der Waals surface area contributed by atoms with Gasteiger partial charge in [0.1, 0.15) is 0 Å². The van der Waals surface area contributed by atoms with Crippen molar-refractivity contribution in [2.45, 2.75) is 44.7 Å². The Bertz CT molecular complexity index is 1010. The SMILES string of the molecule is COC(=O)C=Cc1ccc(CN2CCC(c3ccc(Cl)cc3CN3CCCC3=O)CC2)cc1. The highest BCUT2D eigenvalue weighted by Gasteiger charge is 2.25. The van der Waals surface area contributed by atoms with Crippen LogP contribution >= 0.6 is 11.6 Å². The lowest BCUT2D eigenvalue weighted by molar-refractivity contribution is -0.134. The minimum atomic E-state index is -0.349. The summed E-state index contributed by atoms with van der Waals surface area (Å²) < 4.78 is 4.63. The number of methoxy groups -OCH3 is 1. The van der Waals surface area contributed by atoms with Crippen LogP contribution in [0.25, 0.3) is 6.08 Å². The van der Waals surface area contributed by atoms with Crippen LogP contribution < -0.4 is 0 Å². The van der Waals surface area contributed by atoms with Gasteiger partial charge >= 0.3 is 5.97 Å². The summed E-state index contributed by atoms with van der Waals surface area (Å²) in [4.78, 5) is 27.8. The van der Waals surface area contributed by atoms with Crippen molar-refractivity contribution >= 4 is 29.6 Å². The molecule has 1 amide bonds. The van der Waals surface area contributed by atoms with E-state index in [0.29, 0.717) is 18.9 Å². The van der Waals surface area contributed by atoms with Gasteiger partial charge in [-0.05, 0) is 78.7 Å². The lowest BCUT2D eigenvalue weighted by Gasteiger charge is -2.33. The first-order valence-corrected chi connectivity index (χ1v) is 12.0. The molecule has 0 radical (unpaired) electrons. The van der Waals surface area contributed by atoms with E-state index < -0.39 is 0 Å². The third-order valence-electron chi connectivity index (χ3n) is 6.66. The number of hydrogen-bond acceptors (Lipinski definition) is 4. The lowest BCUT2D eigenvalue weighted by Crippen LogP contribution is -2.33. The fourth-order valence-corrected chi connectivity index (χ4v) is 5.01. The number of rotatable bonds is 7. The molecule has 2 aromatic rings. The first-order valence-electron chi connectivity index (χ1n) is 11.7. The van der Waals surface area contributed by atoms with Gasteiger partial charge in [-0.15, -0.1) is 0 Å². The molecular weight excluding hydrogens is 436 g/mol. The van der Waals surface area contributed by atoms with Crippen LogP contribution in [0.15, 0.2) is 48.5 Å². The molecular formula is C27H31ClN2O3. The van der Waals surface area contributed by atoms with Crippen LogP contribution in [-0.4, -0.2) is 48.4 Å². The molecule has 2 saturated heterocycles. The molecule has 2 aliphatic heterocycles. The van der Waals surface area contributed by atoms with Gasteiger partial charge in [-0.25, -0.2) is 4.79 Å². The van der Waals surface area contributed by atoms with E-state index in [-0.39, 0.29) is 11.9 Å². The van der Waals surface area contributed by atoms with Crippen LogP contribution in [0.4, 0.5) is 0 Å². The van der Waals surface area contributed by atoms with Gasteiger partial charge in [0.25, 0.3) is 0 Å². The molecule has 0 aromatic heterocycles. The minimum absolute atomic E-state index is 0.252. The van der Waals surface area contributed by atoms with E-state index in [1.165, 1.54) is 29.9 Å². The van der Waals surface area contributed by atoms with Crippen molar-refractivity contribution in [1.29, 1.82) is 0 Å². The lowest BCUT2D eigenvalue weighted by atomic mass is 9.86. The molecule has 2 aliphatic rings. The molecule has 0 saturated carbocycles. The monoisotopic (exact) mass is 466 g/mol. The van der Waals surface area contributed by atoms with E-state index in [0.717, 1.165) is 56.0 Å². The quantitative estimate of drug-likeness (QED) is 0.424. The van der Waals surface area contributed by atoms with E-state index in [1.54, 1.807) is 6.08 Å². The highest BCUT2D eigenvalue weighted by molar-refractivity contribution is 6.30. The first-order chi connectivity index (χ1) is 16.0. The van der Waals surface area contributed by atoms with E-state index in [2.05, 4.69) is 27.8 Å². The smallest absolute Gasteiger partial charge is 0.330 e. The van der Waals surface area contributed by atoms with Crippen molar-refractivity contribution in [2.24, 2.45) is 0 Å². The Kier molecular flexibility index (Phi) is 7.84. The predicted octanol–water partition coefficient (Wildman–Crippen LogP) is 5.03. The summed E-state index contributed by atoms with van der Waals surface area (Å²) in [7, 11) is 1.38. The second kappa shape index (κ2) is 11.0. The zero-order chi connectivity index (χ0) is 23.2. The van der Waals surface area contributed by atoms with Crippen LogP contribution in [0.2, 0.25) is 5.02 Å². The normalized spacial score (nSPS) is 17.8. The van der Waals surface area contributed by atoms with E-state index in [9.17, 15) is 9.59 Å². The number of ether oxygens (including phenoxy) is 1. The van der Waals surface area contributed by atoms with Crippen molar-refractivity contribution in [2.75, 3.05) is 26.7 Å². The number of piperidine rings is 1. The second-order valence-electron chi connectivity index (χ2n) is 8.91. The Balaban J connectivity index is 1.34. The van der Waals surface area contributed by atoms with Crippen molar-refractivity contribution in [3.63, 3.8) is 0 Å². The number of nitrogens with zero attached hydrogens (tertiary/aromatic N) is 2. The highest BCUT2D eigenvalue weighted by atomic mass is 35.5. The largest absolute Gasteiger partial charge is 0.466 e. The molecule has 174 valence electrons. The van der Waals surface area contributed by atoms with Crippen LogP contribution in [0.3, 0.4) is 0 Å². The number of halogens is 1. The number of benzene rings is 2. The molecule has 0 bridgehead atoms. The van der Waals surface area contributed by atoms with Gasteiger partial charge in [0.15, 0.2) is 0 Å². The summed E-state index contributed by atoms with van der Waals surface area (Å²) in [5.74, 6) is 0.400. The van der Waals surface area contributed by atoms with Gasteiger partial charge in [-0.1, -0.05) is 41.9 Å². The Labute approximate surface area is 201 Å². The molecule has 33 heavy (non-hydrogen) atoms. The molecule has 0 aliphatic carbocycles. The number of esters is 1. The van der Waals surface area contributed by atoms with Gasteiger partial charge in [0, 0.05) is 37.2 Å². The van der Waals surface area contributed by atoms with E-state index >= 15 is 0 Å². The fourth-order valence-electron chi connectivity index (χ4n) is 4.81. The predicted molar refractivity (Wildman–Crippen MR) is 131 cm³/mol. The van der Waals surface area contributed by atoms with Crippen LogP contribution in [-0.2, 0) is 27.4 Å². The molecule has 2 fully saturated rings. The zero-order valence-corrected chi connectivity index (χ0v) is 19.9. The maximum absolute atomic E-state index is 12.1. The molecule has 5 nitrogen and oxygen atoms in total. The molecule has 0 N–H and O–H groups in total. The van der Waals surface area contributed by atoms with Gasteiger partial charge in [0.05, 0.1) is 7.11 Å². The van der Waals surface area contributed by atoms with Crippen molar-refractivity contribution < 1.29 is 14.3 Å². The Morgan fingerprint density at radius 2 is 1.85 bits per heavy atom. The topological polar surface area (TPSA) is 49.9 Å².